The summed E-state index contributed by atoms with van der Waals surface area (Å²) in [6.07, 6.45) is 4.93. The molecule has 70 valence electrons. The van der Waals surface area contributed by atoms with Crippen LogP contribution in [0.2, 0.25) is 0 Å². The quantitative estimate of drug-likeness (QED) is 0.569. The normalized spacial score (nSPS) is 9.85. The van der Waals surface area contributed by atoms with Crippen molar-refractivity contribution in [3.05, 3.63) is 12.2 Å². The van der Waals surface area contributed by atoms with Gasteiger partial charge < -0.3 is 0 Å². The highest BCUT2D eigenvalue weighted by Gasteiger charge is 1.97. The second-order valence-electron chi connectivity index (χ2n) is 2.73. The van der Waals surface area contributed by atoms with E-state index in [1.54, 1.807) is 11.0 Å². The van der Waals surface area contributed by atoms with Crippen molar-refractivity contribution in [1.29, 1.82) is 5.26 Å². The van der Waals surface area contributed by atoms with Crippen molar-refractivity contribution in [2.45, 2.75) is 25.8 Å². The molecule has 0 fully saturated rings. The van der Waals surface area contributed by atoms with E-state index in [9.17, 15) is 0 Å². The second kappa shape index (κ2) is 5.60. The molecule has 1 rings (SSSR count). The molecule has 1 heterocycles. The third-order valence-electron chi connectivity index (χ3n) is 1.68. The van der Waals surface area contributed by atoms with Crippen LogP contribution in [0.1, 0.15) is 25.1 Å². The maximum absolute atomic E-state index is 8.46. The third-order valence-corrected chi connectivity index (χ3v) is 2.00. The zero-order valence-electron chi connectivity index (χ0n) is 7.35. The number of nitriles is 1. The second-order valence-corrected chi connectivity index (χ2v) is 3.17. The Morgan fingerprint density at radius 2 is 2.31 bits per heavy atom. The number of nitrogens with zero attached hydrogens (tertiary/aromatic N) is 4. The maximum atomic E-state index is 8.46. The van der Waals surface area contributed by atoms with E-state index in [4.69, 9.17) is 5.26 Å². The van der Waals surface area contributed by atoms with E-state index in [1.165, 1.54) is 0 Å². The summed E-state index contributed by atoms with van der Waals surface area (Å²) in [5.41, 5.74) is 0. The molecule has 0 amide bonds. The van der Waals surface area contributed by atoms with Crippen molar-refractivity contribution in [3.8, 4) is 6.07 Å². The van der Waals surface area contributed by atoms with Gasteiger partial charge in [0.1, 0.15) is 12.4 Å². The van der Waals surface area contributed by atoms with E-state index < -0.39 is 0 Å². The minimum atomic E-state index is 0.245. The van der Waals surface area contributed by atoms with Crippen molar-refractivity contribution in [2.75, 3.05) is 5.75 Å². The molecule has 0 aromatic carbocycles. The summed E-state index contributed by atoms with van der Waals surface area (Å²) in [6, 6.07) is 1.89. The van der Waals surface area contributed by atoms with E-state index in [-0.39, 0.29) is 5.82 Å². The first-order valence-corrected chi connectivity index (χ1v) is 4.90. The van der Waals surface area contributed by atoms with Crippen LogP contribution < -0.4 is 0 Å². The van der Waals surface area contributed by atoms with E-state index in [0.29, 0.717) is 0 Å². The van der Waals surface area contributed by atoms with Gasteiger partial charge in [-0.15, -0.1) is 5.10 Å². The molecule has 13 heavy (non-hydrogen) atoms. The molecule has 4 nitrogen and oxygen atoms in total. The Morgan fingerprint density at radius 3 is 2.92 bits per heavy atom. The smallest absolute Gasteiger partial charge is 0.252 e. The predicted octanol–water partition coefficient (Wildman–Crippen LogP) is 1.25. The SMILES string of the molecule is N#Cc1ncn(CCCCCS)n1. The van der Waals surface area contributed by atoms with Gasteiger partial charge >= 0.3 is 0 Å². The van der Waals surface area contributed by atoms with Crippen molar-refractivity contribution >= 4 is 12.6 Å². The van der Waals surface area contributed by atoms with Crippen LogP contribution in [-0.4, -0.2) is 20.5 Å². The highest BCUT2D eigenvalue weighted by molar-refractivity contribution is 7.80. The fourth-order valence-electron chi connectivity index (χ4n) is 1.02. The monoisotopic (exact) mass is 196 g/mol. The number of rotatable bonds is 5. The van der Waals surface area contributed by atoms with Crippen molar-refractivity contribution < 1.29 is 0 Å². The Bertz CT molecular complexity index is 289. The van der Waals surface area contributed by atoms with Gasteiger partial charge in [0, 0.05) is 6.54 Å². The van der Waals surface area contributed by atoms with Gasteiger partial charge in [0.25, 0.3) is 5.82 Å². The lowest BCUT2D eigenvalue weighted by Crippen LogP contribution is -1.98. The van der Waals surface area contributed by atoms with Crippen LogP contribution in [0.4, 0.5) is 0 Å². The highest BCUT2D eigenvalue weighted by Crippen LogP contribution is 1.99. The van der Waals surface area contributed by atoms with Gasteiger partial charge in [-0.05, 0) is 18.6 Å². The molecule has 0 bridgehead atoms. The van der Waals surface area contributed by atoms with Crippen LogP contribution in [0.5, 0.6) is 0 Å². The van der Waals surface area contributed by atoms with Crippen LogP contribution in [0.15, 0.2) is 6.33 Å². The van der Waals surface area contributed by atoms with Gasteiger partial charge in [0.05, 0.1) is 0 Å². The molecule has 5 heteroatoms. The zero-order chi connectivity index (χ0) is 9.52. The Kier molecular flexibility index (Phi) is 4.33. The van der Waals surface area contributed by atoms with Gasteiger partial charge in [-0.1, -0.05) is 6.42 Å². The number of aryl methyl sites for hydroxylation is 1. The number of hydrogen-bond donors (Lipinski definition) is 1. The molecule has 1 aromatic rings. The fourth-order valence-corrected chi connectivity index (χ4v) is 1.24. The van der Waals surface area contributed by atoms with Gasteiger partial charge in [0.15, 0.2) is 0 Å². The van der Waals surface area contributed by atoms with Crippen LogP contribution in [-0.2, 0) is 6.54 Å². The Hall–Kier alpha value is -1.02. The summed E-state index contributed by atoms with van der Waals surface area (Å²) in [7, 11) is 0. The molecule has 1 aromatic heterocycles. The first-order chi connectivity index (χ1) is 6.36. The van der Waals surface area contributed by atoms with Gasteiger partial charge in [-0.25, -0.2) is 4.98 Å². The highest BCUT2D eigenvalue weighted by atomic mass is 32.1. The first-order valence-electron chi connectivity index (χ1n) is 4.27. The predicted molar refractivity (Wildman–Crippen MR) is 52.4 cm³/mol. The lowest BCUT2D eigenvalue weighted by molar-refractivity contribution is 0.552. The third kappa shape index (κ3) is 3.47. The van der Waals surface area contributed by atoms with Gasteiger partial charge in [-0.2, -0.15) is 17.9 Å². The van der Waals surface area contributed by atoms with E-state index in [2.05, 4.69) is 22.7 Å². The topological polar surface area (TPSA) is 54.5 Å². The average Bonchev–Trinajstić information content (AvgIpc) is 2.60. The number of unbranched alkanes of at least 4 members (excludes halogenated alkanes) is 2. The van der Waals surface area contributed by atoms with Gasteiger partial charge in [0.2, 0.25) is 0 Å². The summed E-state index contributed by atoms with van der Waals surface area (Å²) in [5, 5.41) is 12.4. The van der Waals surface area contributed by atoms with Crippen molar-refractivity contribution in [1.82, 2.24) is 14.8 Å². The average molecular weight is 196 g/mol. The van der Waals surface area contributed by atoms with Crippen LogP contribution in [0.3, 0.4) is 0 Å². The summed E-state index contributed by atoms with van der Waals surface area (Å²) in [5.74, 6) is 1.18. The minimum Gasteiger partial charge on any atom is -0.252 e. The maximum Gasteiger partial charge on any atom is 0.252 e. The molecular formula is C8H12N4S. The summed E-state index contributed by atoms with van der Waals surface area (Å²) >= 11 is 4.12. The summed E-state index contributed by atoms with van der Waals surface area (Å²) in [6.45, 7) is 0.836. The van der Waals surface area contributed by atoms with Crippen molar-refractivity contribution in [3.63, 3.8) is 0 Å². The van der Waals surface area contributed by atoms with E-state index >= 15 is 0 Å². The number of aromatic nitrogens is 3. The van der Waals surface area contributed by atoms with Crippen LogP contribution in [0.25, 0.3) is 0 Å². The molecule has 0 N–H and O–H groups in total. The summed E-state index contributed by atoms with van der Waals surface area (Å²) in [4.78, 5) is 3.81. The molecule has 0 aliphatic heterocycles. The Morgan fingerprint density at radius 1 is 1.46 bits per heavy atom. The minimum absolute atomic E-state index is 0.245. The number of thiol groups is 1. The molecule has 0 saturated heterocycles. The Labute approximate surface area is 83.0 Å². The molecule has 0 aliphatic carbocycles. The molecule has 0 spiro atoms. The molecule has 0 atom stereocenters. The van der Waals surface area contributed by atoms with Gasteiger partial charge in [-0.3, -0.25) is 4.68 Å². The molecule has 0 saturated carbocycles. The zero-order valence-corrected chi connectivity index (χ0v) is 8.24. The standard InChI is InChI=1S/C8H12N4S/c9-6-8-10-7-12(11-8)4-2-1-3-5-13/h7,13H,1-5H2. The van der Waals surface area contributed by atoms with Crippen LogP contribution in [0, 0.1) is 11.3 Å². The largest absolute Gasteiger partial charge is 0.252 e. The first kappa shape index (κ1) is 10.1. The number of hydrogen-bond acceptors (Lipinski definition) is 4. The lowest BCUT2D eigenvalue weighted by Gasteiger charge is -1.98. The Balaban J connectivity index is 2.25. The van der Waals surface area contributed by atoms with E-state index in [0.717, 1.165) is 31.6 Å². The van der Waals surface area contributed by atoms with Crippen LogP contribution >= 0.6 is 12.6 Å². The fraction of sp³-hybridized carbons (Fsp3) is 0.625. The molecule has 0 radical (unpaired) electrons. The lowest BCUT2D eigenvalue weighted by atomic mass is 10.2. The van der Waals surface area contributed by atoms with Crippen molar-refractivity contribution in [2.24, 2.45) is 0 Å². The molecular weight excluding hydrogens is 184 g/mol. The summed E-state index contributed by atoms with van der Waals surface area (Å²) < 4.78 is 1.71. The van der Waals surface area contributed by atoms with E-state index in [1.807, 2.05) is 6.07 Å². The molecule has 0 unspecified atom stereocenters. The molecule has 0 aliphatic rings.